The highest BCUT2D eigenvalue weighted by molar-refractivity contribution is 7.98. The zero-order valence-corrected chi connectivity index (χ0v) is 18.1. The van der Waals surface area contributed by atoms with Gasteiger partial charge in [-0.1, -0.05) is 36.4 Å². The molecule has 1 amide bonds. The summed E-state index contributed by atoms with van der Waals surface area (Å²) in [5.41, 5.74) is 2.15. The van der Waals surface area contributed by atoms with Crippen molar-refractivity contribution in [2.24, 2.45) is 0 Å². The van der Waals surface area contributed by atoms with Crippen molar-refractivity contribution in [3.63, 3.8) is 0 Å². The minimum Gasteiger partial charge on any atom is -0.484 e. The van der Waals surface area contributed by atoms with Gasteiger partial charge < -0.3 is 10.1 Å². The Labute approximate surface area is 185 Å². The third-order valence-electron chi connectivity index (χ3n) is 5.23. The molecule has 1 aliphatic rings. The fourth-order valence-electron chi connectivity index (χ4n) is 3.70. The number of benzene rings is 2. The Morgan fingerprint density at radius 3 is 2.84 bits per heavy atom. The van der Waals surface area contributed by atoms with E-state index in [4.69, 9.17) is 4.74 Å². The zero-order chi connectivity index (χ0) is 21.6. The van der Waals surface area contributed by atoms with Crippen molar-refractivity contribution in [3.8, 4) is 5.75 Å². The Bertz CT molecular complexity index is 1060. The van der Waals surface area contributed by atoms with Gasteiger partial charge >= 0.3 is 0 Å². The highest BCUT2D eigenvalue weighted by Gasteiger charge is 2.26. The molecule has 0 radical (unpaired) electrons. The van der Waals surface area contributed by atoms with Crippen molar-refractivity contribution in [3.05, 3.63) is 89.4 Å². The summed E-state index contributed by atoms with van der Waals surface area (Å²) in [4.78, 5) is 19.0. The fraction of sp³-hybridized carbons (Fsp3) is 0.250. The molecule has 1 atom stereocenters. The van der Waals surface area contributed by atoms with Crippen LogP contribution in [0.1, 0.15) is 27.6 Å². The summed E-state index contributed by atoms with van der Waals surface area (Å²) < 4.78 is 20.7. The van der Waals surface area contributed by atoms with Crippen molar-refractivity contribution in [1.82, 2.24) is 15.2 Å². The van der Waals surface area contributed by atoms with Gasteiger partial charge in [-0.25, -0.2) is 9.37 Å². The lowest BCUT2D eigenvalue weighted by molar-refractivity contribution is 0.0939. The van der Waals surface area contributed by atoms with Crippen molar-refractivity contribution < 1.29 is 13.9 Å². The van der Waals surface area contributed by atoms with E-state index >= 15 is 0 Å². The molecule has 5 nitrogen and oxygen atoms in total. The van der Waals surface area contributed by atoms with Gasteiger partial charge in [-0.05, 0) is 30.5 Å². The lowest BCUT2D eigenvalue weighted by Crippen LogP contribution is -2.36. The van der Waals surface area contributed by atoms with Crippen LogP contribution in [0.3, 0.4) is 0 Å². The van der Waals surface area contributed by atoms with E-state index in [0.717, 1.165) is 11.3 Å². The number of hydrogen-bond donors (Lipinski definition) is 1. The maximum atomic E-state index is 14.5. The van der Waals surface area contributed by atoms with Gasteiger partial charge in [0.05, 0.1) is 5.56 Å². The van der Waals surface area contributed by atoms with Crippen molar-refractivity contribution in [2.75, 3.05) is 25.9 Å². The standard InChI is InChI=1S/C24H24FN3O2S/c1-31-24-19(9-6-12-27-24)23(29)26-13-14-28-15-17-7-2-5-11-21(17)30-22(16-28)18-8-3-4-10-20(18)25/h2-12,22H,13-16H2,1H3,(H,26,29). The molecular formula is C24H24FN3O2S. The van der Waals surface area contributed by atoms with Crippen LogP contribution in [0.5, 0.6) is 5.75 Å². The van der Waals surface area contributed by atoms with E-state index in [0.29, 0.717) is 42.3 Å². The number of carbonyl (C=O) groups is 1. The first-order valence-electron chi connectivity index (χ1n) is 10.1. The fourth-order valence-corrected chi connectivity index (χ4v) is 4.24. The minimum absolute atomic E-state index is 0.144. The normalized spacial score (nSPS) is 16.1. The topological polar surface area (TPSA) is 54.5 Å². The zero-order valence-electron chi connectivity index (χ0n) is 17.3. The molecule has 4 rings (SSSR count). The van der Waals surface area contributed by atoms with Gasteiger partial charge in [-0.15, -0.1) is 11.8 Å². The van der Waals surface area contributed by atoms with Crippen LogP contribution in [0.25, 0.3) is 0 Å². The predicted molar refractivity (Wildman–Crippen MR) is 120 cm³/mol. The number of pyridine rings is 1. The number of halogens is 1. The molecule has 1 aromatic heterocycles. The van der Waals surface area contributed by atoms with Crippen LogP contribution in [0.2, 0.25) is 0 Å². The van der Waals surface area contributed by atoms with E-state index in [2.05, 4.69) is 15.2 Å². The smallest absolute Gasteiger partial charge is 0.254 e. The number of carbonyl (C=O) groups excluding carboxylic acids is 1. The second kappa shape index (κ2) is 9.94. The molecule has 160 valence electrons. The maximum absolute atomic E-state index is 14.5. The summed E-state index contributed by atoms with van der Waals surface area (Å²) in [6.45, 7) is 2.27. The molecule has 31 heavy (non-hydrogen) atoms. The number of ether oxygens (including phenoxy) is 1. The number of para-hydroxylation sites is 1. The Kier molecular flexibility index (Phi) is 6.84. The van der Waals surface area contributed by atoms with Crippen LogP contribution in [0.4, 0.5) is 4.39 Å². The van der Waals surface area contributed by atoms with Crippen molar-refractivity contribution >= 4 is 17.7 Å². The Morgan fingerprint density at radius 2 is 2.00 bits per heavy atom. The number of aromatic nitrogens is 1. The monoisotopic (exact) mass is 437 g/mol. The van der Waals surface area contributed by atoms with Gasteiger partial charge in [0.2, 0.25) is 0 Å². The van der Waals surface area contributed by atoms with Crippen LogP contribution in [0, 0.1) is 5.82 Å². The lowest BCUT2D eigenvalue weighted by Gasteiger charge is -2.24. The highest BCUT2D eigenvalue weighted by Crippen LogP contribution is 2.31. The van der Waals surface area contributed by atoms with Gasteiger partial charge in [0.15, 0.2) is 0 Å². The molecule has 0 bridgehead atoms. The Balaban J connectivity index is 1.47. The molecule has 0 aliphatic carbocycles. The Morgan fingerprint density at radius 1 is 1.19 bits per heavy atom. The van der Waals surface area contributed by atoms with Crippen LogP contribution in [-0.2, 0) is 6.54 Å². The number of nitrogens with zero attached hydrogens (tertiary/aromatic N) is 2. The number of thioether (sulfide) groups is 1. The van der Waals surface area contributed by atoms with Gasteiger partial charge in [0.1, 0.15) is 22.7 Å². The maximum Gasteiger partial charge on any atom is 0.254 e. The van der Waals surface area contributed by atoms with Crippen molar-refractivity contribution in [1.29, 1.82) is 0 Å². The molecule has 1 aliphatic heterocycles. The molecule has 7 heteroatoms. The van der Waals surface area contributed by atoms with E-state index in [1.165, 1.54) is 17.8 Å². The van der Waals surface area contributed by atoms with Crippen molar-refractivity contribution in [2.45, 2.75) is 17.7 Å². The van der Waals surface area contributed by atoms with Gasteiger partial charge in [0.25, 0.3) is 5.91 Å². The molecule has 3 aromatic rings. The SMILES string of the molecule is CSc1ncccc1C(=O)NCCN1Cc2ccccc2OC(c2ccccc2F)C1. The molecule has 0 spiro atoms. The van der Waals surface area contributed by atoms with E-state index in [-0.39, 0.29) is 11.7 Å². The average molecular weight is 438 g/mol. The van der Waals surface area contributed by atoms with E-state index in [1.807, 2.05) is 36.6 Å². The number of amides is 1. The molecular weight excluding hydrogens is 413 g/mol. The van der Waals surface area contributed by atoms with Gasteiger partial charge in [0, 0.05) is 43.5 Å². The molecule has 1 N–H and O–H groups in total. The first-order chi connectivity index (χ1) is 15.2. The summed E-state index contributed by atoms with van der Waals surface area (Å²) in [7, 11) is 0. The van der Waals surface area contributed by atoms with Gasteiger partial charge in [-0.2, -0.15) is 0 Å². The van der Waals surface area contributed by atoms with Gasteiger partial charge in [-0.3, -0.25) is 9.69 Å². The number of fused-ring (bicyclic) bond motifs is 1. The molecule has 0 fully saturated rings. The summed E-state index contributed by atoms with van der Waals surface area (Å²) in [5, 5.41) is 3.69. The highest BCUT2D eigenvalue weighted by atomic mass is 32.2. The van der Waals surface area contributed by atoms with E-state index < -0.39 is 6.10 Å². The molecule has 2 heterocycles. The predicted octanol–water partition coefficient (Wildman–Crippen LogP) is 4.31. The third kappa shape index (κ3) is 5.06. The first-order valence-corrected chi connectivity index (χ1v) is 11.4. The minimum atomic E-state index is -0.429. The third-order valence-corrected chi connectivity index (χ3v) is 5.95. The van der Waals surface area contributed by atoms with E-state index in [9.17, 15) is 9.18 Å². The first kappa shape index (κ1) is 21.3. The molecule has 0 saturated heterocycles. The number of nitrogens with one attached hydrogen (secondary N) is 1. The number of rotatable bonds is 6. The van der Waals surface area contributed by atoms with Crippen LogP contribution < -0.4 is 10.1 Å². The second-order valence-corrected chi connectivity index (χ2v) is 8.08. The molecule has 0 saturated carbocycles. The summed E-state index contributed by atoms with van der Waals surface area (Å²) in [6.07, 6.45) is 3.15. The van der Waals surface area contributed by atoms with Crippen LogP contribution >= 0.6 is 11.8 Å². The lowest BCUT2D eigenvalue weighted by atomic mass is 10.1. The largest absolute Gasteiger partial charge is 0.484 e. The summed E-state index contributed by atoms with van der Waals surface area (Å²) >= 11 is 1.45. The summed E-state index contributed by atoms with van der Waals surface area (Å²) in [6, 6.07) is 18.1. The quantitative estimate of drug-likeness (QED) is 0.583. The van der Waals surface area contributed by atoms with Crippen LogP contribution in [0.15, 0.2) is 71.9 Å². The summed E-state index contributed by atoms with van der Waals surface area (Å²) in [5.74, 6) is 0.346. The number of hydrogen-bond acceptors (Lipinski definition) is 5. The Hall–Kier alpha value is -2.90. The molecule has 1 unspecified atom stereocenters. The van der Waals surface area contributed by atoms with E-state index in [1.54, 1.807) is 30.5 Å². The van der Waals surface area contributed by atoms with Crippen LogP contribution in [-0.4, -0.2) is 41.7 Å². The molecule has 2 aromatic carbocycles. The average Bonchev–Trinajstić information content (AvgIpc) is 2.98. The second-order valence-electron chi connectivity index (χ2n) is 7.29.